The van der Waals surface area contributed by atoms with Gasteiger partial charge in [0.2, 0.25) is 0 Å². The lowest BCUT2D eigenvalue weighted by Gasteiger charge is -2.34. The van der Waals surface area contributed by atoms with Crippen LogP contribution in [0.25, 0.3) is 0 Å². The predicted molar refractivity (Wildman–Crippen MR) is 97.5 cm³/mol. The fourth-order valence-electron chi connectivity index (χ4n) is 4.11. The van der Waals surface area contributed by atoms with Crippen LogP contribution < -0.4 is 5.32 Å². The van der Waals surface area contributed by atoms with Crippen LogP contribution in [0, 0.1) is 11.8 Å². The lowest BCUT2D eigenvalue weighted by atomic mass is 9.78. The molecule has 136 valence electrons. The first-order chi connectivity index (χ1) is 12.0. The molecule has 0 radical (unpaired) electrons. The standard InChI is InChI=1S/C21H29NO3/c1-14-6-5-9-19(15(14)2)22-20(23)13-25-21(24)18-11-10-16-7-3-4-8-17(16)12-18/h10-12,14-15,19H,3-9,13H2,1-2H3,(H,22,23)/t14-,15+,19-/m0/s1. The van der Waals surface area contributed by atoms with E-state index in [2.05, 4.69) is 19.2 Å². The Kier molecular flexibility index (Phi) is 5.77. The molecule has 0 heterocycles. The van der Waals surface area contributed by atoms with Crippen molar-refractivity contribution in [1.29, 1.82) is 0 Å². The molecule has 2 aliphatic rings. The van der Waals surface area contributed by atoms with Gasteiger partial charge in [-0.25, -0.2) is 4.79 Å². The molecule has 1 aromatic carbocycles. The van der Waals surface area contributed by atoms with Gasteiger partial charge in [-0.2, -0.15) is 0 Å². The van der Waals surface area contributed by atoms with Gasteiger partial charge in [-0.05, 0) is 67.2 Å². The maximum atomic E-state index is 12.2. The molecular formula is C21H29NO3. The number of nitrogens with one attached hydrogen (secondary N) is 1. The summed E-state index contributed by atoms with van der Waals surface area (Å²) in [4.78, 5) is 24.4. The third-order valence-electron chi connectivity index (χ3n) is 5.97. The maximum absolute atomic E-state index is 12.2. The van der Waals surface area contributed by atoms with Crippen molar-refractivity contribution in [2.45, 2.75) is 64.8 Å². The number of aryl methyl sites for hydroxylation is 2. The number of carbonyl (C=O) groups excluding carboxylic acids is 2. The van der Waals surface area contributed by atoms with Crippen LogP contribution in [0.3, 0.4) is 0 Å². The summed E-state index contributed by atoms with van der Waals surface area (Å²) >= 11 is 0. The highest BCUT2D eigenvalue weighted by molar-refractivity contribution is 5.91. The number of rotatable bonds is 4. The Labute approximate surface area is 150 Å². The SMILES string of the molecule is C[C@H]1[C@@H](NC(=O)COC(=O)c2ccc3c(c2)CCCC3)CCC[C@@H]1C. The lowest BCUT2D eigenvalue weighted by molar-refractivity contribution is -0.125. The van der Waals surface area contributed by atoms with Crippen LogP contribution >= 0.6 is 0 Å². The summed E-state index contributed by atoms with van der Waals surface area (Å²) in [7, 11) is 0. The van der Waals surface area contributed by atoms with Gasteiger partial charge in [-0.15, -0.1) is 0 Å². The Morgan fingerprint density at radius 3 is 2.64 bits per heavy atom. The molecule has 0 bridgehead atoms. The molecule has 1 aromatic rings. The van der Waals surface area contributed by atoms with E-state index >= 15 is 0 Å². The summed E-state index contributed by atoms with van der Waals surface area (Å²) in [5, 5.41) is 3.04. The van der Waals surface area contributed by atoms with E-state index in [4.69, 9.17) is 4.74 Å². The minimum absolute atomic E-state index is 0.193. The van der Waals surface area contributed by atoms with Crippen molar-refractivity contribution >= 4 is 11.9 Å². The Morgan fingerprint density at radius 2 is 1.84 bits per heavy atom. The van der Waals surface area contributed by atoms with Crippen LogP contribution in [-0.2, 0) is 22.4 Å². The molecule has 3 atom stereocenters. The first-order valence-electron chi connectivity index (χ1n) is 9.63. The summed E-state index contributed by atoms with van der Waals surface area (Å²) in [5.41, 5.74) is 3.13. The maximum Gasteiger partial charge on any atom is 0.338 e. The molecule has 1 N–H and O–H groups in total. The molecular weight excluding hydrogens is 314 g/mol. The van der Waals surface area contributed by atoms with Crippen molar-refractivity contribution in [3.63, 3.8) is 0 Å². The zero-order valence-electron chi connectivity index (χ0n) is 15.3. The van der Waals surface area contributed by atoms with Gasteiger partial charge >= 0.3 is 5.97 Å². The van der Waals surface area contributed by atoms with Crippen LogP contribution in [0.15, 0.2) is 18.2 Å². The fraction of sp³-hybridized carbons (Fsp3) is 0.619. The Balaban J connectivity index is 1.51. The predicted octanol–water partition coefficient (Wildman–Crippen LogP) is 3.66. The average Bonchev–Trinajstić information content (AvgIpc) is 2.63. The second kappa shape index (κ2) is 8.03. The smallest absolute Gasteiger partial charge is 0.338 e. The molecule has 1 saturated carbocycles. The van der Waals surface area contributed by atoms with Crippen molar-refractivity contribution < 1.29 is 14.3 Å². The summed E-state index contributed by atoms with van der Waals surface area (Å²) < 4.78 is 5.23. The van der Waals surface area contributed by atoms with Crippen molar-refractivity contribution in [3.8, 4) is 0 Å². The average molecular weight is 343 g/mol. The Bertz CT molecular complexity index is 640. The molecule has 0 unspecified atom stereocenters. The number of fused-ring (bicyclic) bond motifs is 1. The molecule has 0 aromatic heterocycles. The minimum atomic E-state index is -0.409. The second-order valence-electron chi connectivity index (χ2n) is 7.71. The van der Waals surface area contributed by atoms with Gasteiger partial charge in [-0.3, -0.25) is 4.79 Å². The van der Waals surface area contributed by atoms with Gasteiger partial charge in [0.25, 0.3) is 5.91 Å². The van der Waals surface area contributed by atoms with E-state index in [0.717, 1.165) is 25.7 Å². The van der Waals surface area contributed by atoms with E-state index in [1.165, 1.54) is 30.4 Å². The largest absolute Gasteiger partial charge is 0.452 e. The quantitative estimate of drug-likeness (QED) is 0.849. The van der Waals surface area contributed by atoms with E-state index in [0.29, 0.717) is 17.4 Å². The number of hydrogen-bond donors (Lipinski definition) is 1. The molecule has 0 aliphatic heterocycles. The number of benzene rings is 1. The highest BCUT2D eigenvalue weighted by atomic mass is 16.5. The Morgan fingerprint density at radius 1 is 1.08 bits per heavy atom. The number of amides is 1. The molecule has 1 fully saturated rings. The zero-order chi connectivity index (χ0) is 17.8. The second-order valence-corrected chi connectivity index (χ2v) is 7.71. The molecule has 4 heteroatoms. The van der Waals surface area contributed by atoms with Crippen molar-refractivity contribution in [2.75, 3.05) is 6.61 Å². The van der Waals surface area contributed by atoms with Crippen molar-refractivity contribution in [1.82, 2.24) is 5.32 Å². The van der Waals surface area contributed by atoms with Gasteiger partial charge in [0.05, 0.1) is 5.56 Å². The summed E-state index contributed by atoms with van der Waals surface area (Å²) in [5.74, 6) is 0.483. The van der Waals surface area contributed by atoms with Crippen LogP contribution in [0.2, 0.25) is 0 Å². The van der Waals surface area contributed by atoms with Gasteiger partial charge in [0.1, 0.15) is 0 Å². The third-order valence-corrected chi connectivity index (χ3v) is 5.97. The van der Waals surface area contributed by atoms with E-state index in [9.17, 15) is 9.59 Å². The number of ether oxygens (including phenoxy) is 1. The van der Waals surface area contributed by atoms with Crippen LogP contribution in [-0.4, -0.2) is 24.5 Å². The molecule has 2 aliphatic carbocycles. The Hall–Kier alpha value is -1.84. The molecule has 1 amide bonds. The van der Waals surface area contributed by atoms with E-state index in [1.807, 2.05) is 18.2 Å². The van der Waals surface area contributed by atoms with Crippen LogP contribution in [0.4, 0.5) is 0 Å². The molecule has 3 rings (SSSR count). The topological polar surface area (TPSA) is 55.4 Å². The number of esters is 1. The first kappa shape index (κ1) is 18.0. The summed E-state index contributed by atoms with van der Waals surface area (Å²) in [6.07, 6.45) is 7.88. The third kappa shape index (κ3) is 4.42. The molecule has 0 spiro atoms. The first-order valence-corrected chi connectivity index (χ1v) is 9.63. The van der Waals surface area contributed by atoms with Crippen LogP contribution in [0.1, 0.15) is 67.4 Å². The van der Waals surface area contributed by atoms with E-state index in [1.54, 1.807) is 0 Å². The monoisotopic (exact) mass is 343 g/mol. The normalized spacial score (nSPS) is 25.8. The fourth-order valence-corrected chi connectivity index (χ4v) is 4.11. The lowest BCUT2D eigenvalue weighted by Crippen LogP contribution is -2.45. The van der Waals surface area contributed by atoms with Crippen molar-refractivity contribution in [2.24, 2.45) is 11.8 Å². The van der Waals surface area contributed by atoms with Gasteiger partial charge in [-0.1, -0.05) is 32.8 Å². The molecule has 25 heavy (non-hydrogen) atoms. The molecule has 4 nitrogen and oxygen atoms in total. The minimum Gasteiger partial charge on any atom is -0.452 e. The van der Waals surface area contributed by atoms with Crippen molar-refractivity contribution in [3.05, 3.63) is 34.9 Å². The van der Waals surface area contributed by atoms with E-state index < -0.39 is 5.97 Å². The van der Waals surface area contributed by atoms with E-state index in [-0.39, 0.29) is 18.6 Å². The summed E-state index contributed by atoms with van der Waals surface area (Å²) in [6, 6.07) is 5.96. The molecule has 0 saturated heterocycles. The van der Waals surface area contributed by atoms with Gasteiger partial charge in [0.15, 0.2) is 6.61 Å². The number of carbonyl (C=O) groups is 2. The highest BCUT2D eigenvalue weighted by Gasteiger charge is 2.28. The highest BCUT2D eigenvalue weighted by Crippen LogP contribution is 2.29. The summed E-state index contributed by atoms with van der Waals surface area (Å²) in [6.45, 7) is 4.22. The van der Waals surface area contributed by atoms with Gasteiger partial charge < -0.3 is 10.1 Å². The van der Waals surface area contributed by atoms with Crippen LogP contribution in [0.5, 0.6) is 0 Å². The zero-order valence-corrected chi connectivity index (χ0v) is 15.3. The van der Waals surface area contributed by atoms with Gasteiger partial charge in [0, 0.05) is 6.04 Å². The number of hydrogen-bond acceptors (Lipinski definition) is 3.